The van der Waals surface area contributed by atoms with E-state index >= 15 is 0 Å². The molecule has 1 rings (SSSR count). The fourth-order valence-electron chi connectivity index (χ4n) is 0.826. The van der Waals surface area contributed by atoms with Crippen molar-refractivity contribution in [1.82, 2.24) is 0 Å². The van der Waals surface area contributed by atoms with E-state index in [0.717, 1.165) is 6.07 Å². The van der Waals surface area contributed by atoms with E-state index in [9.17, 15) is 9.18 Å². The second-order valence-corrected chi connectivity index (χ2v) is 3.38. The van der Waals surface area contributed by atoms with E-state index in [2.05, 4.69) is 15.9 Å². The summed E-state index contributed by atoms with van der Waals surface area (Å²) in [6, 6.07) is 2.41. The molecule has 0 radical (unpaired) electrons. The van der Waals surface area contributed by atoms with Gasteiger partial charge in [-0.05, 0) is 39.7 Å². The van der Waals surface area contributed by atoms with Gasteiger partial charge in [0.25, 0.3) is 5.24 Å². The van der Waals surface area contributed by atoms with Crippen LogP contribution in [0.4, 0.5) is 4.39 Å². The zero-order chi connectivity index (χ0) is 10.0. The average molecular weight is 267 g/mol. The van der Waals surface area contributed by atoms with E-state index in [1.54, 1.807) is 0 Å². The number of halogens is 3. The van der Waals surface area contributed by atoms with Crippen LogP contribution in [0.3, 0.4) is 0 Å². The summed E-state index contributed by atoms with van der Waals surface area (Å²) in [6.07, 6.45) is 0. The van der Waals surface area contributed by atoms with Gasteiger partial charge in [-0.3, -0.25) is 4.79 Å². The quantitative estimate of drug-likeness (QED) is 0.770. The third kappa shape index (κ3) is 2.19. The van der Waals surface area contributed by atoms with Crippen LogP contribution in [0, 0.1) is 5.82 Å². The van der Waals surface area contributed by atoms with Gasteiger partial charge in [-0.2, -0.15) is 0 Å². The lowest BCUT2D eigenvalue weighted by Crippen LogP contribution is -1.94. The van der Waals surface area contributed by atoms with E-state index in [-0.39, 0.29) is 15.8 Å². The summed E-state index contributed by atoms with van der Waals surface area (Å²) in [7, 11) is 1.38. The van der Waals surface area contributed by atoms with Crippen molar-refractivity contribution < 1.29 is 13.9 Å². The summed E-state index contributed by atoms with van der Waals surface area (Å²) >= 11 is 8.15. The highest BCUT2D eigenvalue weighted by Crippen LogP contribution is 2.29. The number of hydrogen-bond acceptors (Lipinski definition) is 2. The first-order valence-corrected chi connectivity index (χ1v) is 4.46. The van der Waals surface area contributed by atoms with Crippen LogP contribution in [0.1, 0.15) is 10.4 Å². The van der Waals surface area contributed by atoms with E-state index in [1.165, 1.54) is 13.2 Å². The van der Waals surface area contributed by atoms with Crippen LogP contribution in [-0.2, 0) is 0 Å². The molecule has 70 valence electrons. The monoisotopic (exact) mass is 266 g/mol. The molecule has 0 saturated heterocycles. The van der Waals surface area contributed by atoms with Gasteiger partial charge in [0.15, 0.2) is 0 Å². The SMILES string of the molecule is COc1cc(C(=O)Cl)cc(F)c1Br. The number of methoxy groups -OCH3 is 1. The van der Waals surface area contributed by atoms with Gasteiger partial charge in [0.2, 0.25) is 0 Å². The lowest BCUT2D eigenvalue weighted by atomic mass is 10.2. The van der Waals surface area contributed by atoms with Crippen molar-refractivity contribution in [2.24, 2.45) is 0 Å². The Balaban J connectivity index is 3.30. The fourth-order valence-corrected chi connectivity index (χ4v) is 1.33. The minimum Gasteiger partial charge on any atom is -0.495 e. The Morgan fingerprint density at radius 1 is 1.62 bits per heavy atom. The molecule has 0 aliphatic heterocycles. The van der Waals surface area contributed by atoms with Gasteiger partial charge in [-0.25, -0.2) is 4.39 Å². The van der Waals surface area contributed by atoms with E-state index in [0.29, 0.717) is 0 Å². The van der Waals surface area contributed by atoms with E-state index < -0.39 is 11.1 Å². The standard InChI is InChI=1S/C8H5BrClFO2/c1-13-6-3-4(8(10)12)2-5(11)7(6)9/h2-3H,1H3. The van der Waals surface area contributed by atoms with Crippen LogP contribution < -0.4 is 4.74 Å². The molecule has 0 aliphatic rings. The van der Waals surface area contributed by atoms with Crippen molar-refractivity contribution >= 4 is 32.8 Å². The molecule has 13 heavy (non-hydrogen) atoms. The predicted octanol–water partition coefficient (Wildman–Crippen LogP) is 2.98. The smallest absolute Gasteiger partial charge is 0.252 e. The van der Waals surface area contributed by atoms with Crippen molar-refractivity contribution in [2.75, 3.05) is 7.11 Å². The van der Waals surface area contributed by atoms with Crippen LogP contribution in [0.15, 0.2) is 16.6 Å². The Labute approximate surface area is 87.8 Å². The number of hydrogen-bond donors (Lipinski definition) is 0. The first kappa shape index (κ1) is 10.5. The molecule has 0 bridgehead atoms. The van der Waals surface area contributed by atoms with Crippen LogP contribution in [0.5, 0.6) is 5.75 Å². The van der Waals surface area contributed by atoms with Gasteiger partial charge < -0.3 is 4.74 Å². The minimum atomic E-state index is -0.718. The van der Waals surface area contributed by atoms with Crippen LogP contribution in [0.25, 0.3) is 0 Å². The third-order valence-electron chi connectivity index (χ3n) is 1.44. The molecular weight excluding hydrogens is 262 g/mol. The van der Waals surface area contributed by atoms with Gasteiger partial charge in [0.1, 0.15) is 11.6 Å². The summed E-state index contributed by atoms with van der Waals surface area (Å²) in [4.78, 5) is 10.7. The maximum absolute atomic E-state index is 13.0. The molecule has 5 heteroatoms. The predicted molar refractivity (Wildman–Crippen MR) is 50.8 cm³/mol. The molecule has 1 aromatic carbocycles. The highest BCUT2D eigenvalue weighted by molar-refractivity contribution is 9.10. The highest BCUT2D eigenvalue weighted by atomic mass is 79.9. The summed E-state index contributed by atoms with van der Waals surface area (Å²) in [6.45, 7) is 0. The lowest BCUT2D eigenvalue weighted by molar-refractivity contribution is 0.108. The minimum absolute atomic E-state index is 0.0687. The fraction of sp³-hybridized carbons (Fsp3) is 0.125. The Morgan fingerprint density at radius 2 is 2.23 bits per heavy atom. The molecule has 1 aromatic rings. The third-order valence-corrected chi connectivity index (χ3v) is 2.43. The van der Waals surface area contributed by atoms with Crippen molar-refractivity contribution in [2.45, 2.75) is 0 Å². The second kappa shape index (κ2) is 4.07. The molecule has 0 atom stereocenters. The van der Waals surface area contributed by atoms with Crippen molar-refractivity contribution in [3.05, 3.63) is 28.0 Å². The zero-order valence-electron chi connectivity index (χ0n) is 6.61. The van der Waals surface area contributed by atoms with Crippen molar-refractivity contribution in [3.8, 4) is 5.75 Å². The van der Waals surface area contributed by atoms with E-state index in [4.69, 9.17) is 16.3 Å². The van der Waals surface area contributed by atoms with Gasteiger partial charge >= 0.3 is 0 Å². The van der Waals surface area contributed by atoms with Crippen molar-refractivity contribution in [3.63, 3.8) is 0 Å². The first-order chi connectivity index (χ1) is 6.06. The Kier molecular flexibility index (Phi) is 3.27. The topological polar surface area (TPSA) is 26.3 Å². The molecule has 0 fully saturated rings. The molecule has 0 amide bonds. The van der Waals surface area contributed by atoms with Gasteiger partial charge in [-0.15, -0.1) is 0 Å². The molecular formula is C8H5BrClFO2. The average Bonchev–Trinajstić information content (AvgIpc) is 2.09. The Bertz CT molecular complexity index is 354. The normalized spacial score (nSPS) is 9.85. The summed E-state index contributed by atoms with van der Waals surface area (Å²) in [5.41, 5.74) is 0.0687. The molecule has 0 spiro atoms. The van der Waals surface area contributed by atoms with Gasteiger partial charge in [-0.1, -0.05) is 0 Å². The molecule has 0 heterocycles. The molecule has 0 unspecified atom stereocenters. The second-order valence-electron chi connectivity index (χ2n) is 2.25. The Hall–Kier alpha value is -0.610. The van der Waals surface area contributed by atoms with Crippen LogP contribution >= 0.6 is 27.5 Å². The largest absolute Gasteiger partial charge is 0.495 e. The number of carbonyl (C=O) groups is 1. The van der Waals surface area contributed by atoms with E-state index in [1.807, 2.05) is 0 Å². The summed E-state index contributed by atoms with van der Waals surface area (Å²) in [5.74, 6) is -0.340. The van der Waals surface area contributed by atoms with Gasteiger partial charge in [0.05, 0.1) is 11.6 Å². The zero-order valence-corrected chi connectivity index (χ0v) is 8.95. The van der Waals surface area contributed by atoms with Crippen LogP contribution in [-0.4, -0.2) is 12.4 Å². The maximum atomic E-state index is 13.0. The Morgan fingerprint density at radius 3 is 2.69 bits per heavy atom. The number of ether oxygens (including phenoxy) is 1. The van der Waals surface area contributed by atoms with Crippen molar-refractivity contribution in [1.29, 1.82) is 0 Å². The first-order valence-electron chi connectivity index (χ1n) is 3.29. The molecule has 0 aliphatic carbocycles. The summed E-state index contributed by atoms with van der Waals surface area (Å²) in [5, 5.41) is -0.718. The summed E-state index contributed by atoms with van der Waals surface area (Å²) < 4.78 is 18.0. The van der Waals surface area contributed by atoms with Crippen LogP contribution in [0.2, 0.25) is 0 Å². The number of benzene rings is 1. The lowest BCUT2D eigenvalue weighted by Gasteiger charge is -2.04. The molecule has 0 N–H and O–H groups in total. The number of carbonyl (C=O) groups excluding carboxylic acids is 1. The molecule has 2 nitrogen and oxygen atoms in total. The molecule has 0 saturated carbocycles. The molecule has 0 aromatic heterocycles. The number of rotatable bonds is 2. The maximum Gasteiger partial charge on any atom is 0.252 e. The highest BCUT2D eigenvalue weighted by Gasteiger charge is 2.11. The van der Waals surface area contributed by atoms with Gasteiger partial charge in [0, 0.05) is 5.56 Å².